The lowest BCUT2D eigenvalue weighted by molar-refractivity contribution is -0.246. The number of carbonyl (C=O) groups is 7. The van der Waals surface area contributed by atoms with Gasteiger partial charge in [-0.05, 0) is 118 Å². The van der Waals surface area contributed by atoms with E-state index in [0.29, 0.717) is 35.5 Å². The Balaban J connectivity index is 1.37. The van der Waals surface area contributed by atoms with Crippen molar-refractivity contribution in [2.24, 2.45) is 16.5 Å². The van der Waals surface area contributed by atoms with Crippen molar-refractivity contribution in [2.45, 2.75) is 150 Å². The number of para-hydroxylation sites is 1. The Morgan fingerprint density at radius 2 is 1.20 bits per heavy atom. The van der Waals surface area contributed by atoms with Gasteiger partial charge in [-0.15, -0.1) is 23.5 Å². The van der Waals surface area contributed by atoms with Gasteiger partial charge in [0, 0.05) is 57.6 Å². The highest BCUT2D eigenvalue weighted by molar-refractivity contribution is 8.00. The minimum atomic E-state index is -2.09. The number of anilines is 1. The van der Waals surface area contributed by atoms with Crippen molar-refractivity contribution in [1.29, 1.82) is 0 Å². The minimum Gasteiger partial charge on any atom is -0.479 e. The molecule has 2 fully saturated rings. The number of hydroxylamine groups is 4. The van der Waals surface area contributed by atoms with Crippen LogP contribution in [0.15, 0.2) is 63.3 Å². The number of guanidine groups is 1. The van der Waals surface area contributed by atoms with Crippen molar-refractivity contribution in [3.05, 3.63) is 54.1 Å². The predicted molar refractivity (Wildman–Crippen MR) is 267 cm³/mol. The number of hydrogen-bond donors (Lipinski definition) is 10. The lowest BCUT2D eigenvalue weighted by Crippen LogP contribution is -2.63. The van der Waals surface area contributed by atoms with Gasteiger partial charge in [-0.2, -0.15) is 10.1 Å². The van der Waals surface area contributed by atoms with Gasteiger partial charge in [0.1, 0.15) is 6.04 Å². The van der Waals surface area contributed by atoms with Crippen LogP contribution >= 0.6 is 23.5 Å². The maximum atomic E-state index is 14.1. The van der Waals surface area contributed by atoms with Crippen LogP contribution in [0.1, 0.15) is 104 Å². The number of aliphatic carboxylic acids is 1. The summed E-state index contributed by atoms with van der Waals surface area (Å²) >= 11 is 2.26. The van der Waals surface area contributed by atoms with Gasteiger partial charge in [0.15, 0.2) is 5.96 Å². The summed E-state index contributed by atoms with van der Waals surface area (Å²) in [6.07, 6.45) is 2.37. The quantitative estimate of drug-likeness (QED) is 0.0283. The number of carboxylic acids is 1. The van der Waals surface area contributed by atoms with Crippen LogP contribution in [-0.2, 0) is 28.8 Å². The summed E-state index contributed by atoms with van der Waals surface area (Å²) in [5.41, 5.74) is 9.10. The van der Waals surface area contributed by atoms with E-state index in [1.54, 1.807) is 42.5 Å². The Labute approximate surface area is 418 Å². The van der Waals surface area contributed by atoms with Gasteiger partial charge >= 0.3 is 5.97 Å². The standard InChI is InChI=1S/C47H71N11O10S2/c1-44(2)21-28(22-45(3,4)57(44)67)52-36(60)26-69-33-18-12-10-15-30(33)41(64)56(9)32(17-14-20-50-43(48)49)39(62)51-25-35(59)55-38(42(65)66)40(63)54-31-16-11-13-19-34(31)70-27-37(61)53-29-23-46(5,6)58(68)47(7,8)24-29/h10-13,15-16,18-19,28-29,32,38,67-68H,14,17,20-27H2,1-9H3,(H,51,62)(H,52,60)(H,53,61)(H,54,63)(H,55,59)(H,65,66)(H4,48,49,50)/t32-,38+/m0/s1. The summed E-state index contributed by atoms with van der Waals surface area (Å²) in [5.74, 6) is -5.88. The highest BCUT2D eigenvalue weighted by Crippen LogP contribution is 2.38. The number of carbonyl (C=O) groups excluding carboxylic acids is 6. The van der Waals surface area contributed by atoms with E-state index in [4.69, 9.17) is 11.5 Å². The molecule has 12 N–H and O–H groups in total. The molecule has 0 aliphatic carbocycles. The predicted octanol–water partition coefficient (Wildman–Crippen LogP) is 2.74. The zero-order valence-electron chi connectivity index (χ0n) is 41.5. The summed E-state index contributed by atoms with van der Waals surface area (Å²) in [5, 5.41) is 47.1. The molecule has 0 radical (unpaired) electrons. The molecule has 2 aliphatic rings. The molecular weight excluding hydrogens is 943 g/mol. The first kappa shape index (κ1) is 57.1. The molecule has 386 valence electrons. The molecule has 2 atom stereocenters. The average Bonchev–Trinajstić information content (AvgIpc) is 3.26. The zero-order chi connectivity index (χ0) is 52.4. The highest BCUT2D eigenvalue weighted by atomic mass is 32.2. The van der Waals surface area contributed by atoms with E-state index in [2.05, 4.69) is 31.6 Å². The molecule has 0 unspecified atom stereocenters. The van der Waals surface area contributed by atoms with E-state index in [1.807, 2.05) is 55.4 Å². The summed E-state index contributed by atoms with van der Waals surface area (Å²) in [4.78, 5) is 99.1. The van der Waals surface area contributed by atoms with Crippen LogP contribution in [0.2, 0.25) is 0 Å². The Bertz CT molecular complexity index is 2240. The van der Waals surface area contributed by atoms with Gasteiger partial charge < -0.3 is 58.5 Å². The lowest BCUT2D eigenvalue weighted by Gasteiger charge is -2.51. The number of nitrogens with two attached hydrogens (primary N) is 2. The number of nitrogens with zero attached hydrogens (tertiary/aromatic N) is 4. The average molecular weight is 1010 g/mol. The van der Waals surface area contributed by atoms with Crippen molar-refractivity contribution in [3.63, 3.8) is 0 Å². The van der Waals surface area contributed by atoms with Crippen molar-refractivity contribution in [1.82, 2.24) is 36.3 Å². The number of likely N-dealkylation sites (N-methyl/N-ethyl adjacent to an activating group) is 1. The van der Waals surface area contributed by atoms with Crippen molar-refractivity contribution in [3.8, 4) is 0 Å². The monoisotopic (exact) mass is 1010 g/mol. The molecule has 2 aromatic rings. The zero-order valence-corrected chi connectivity index (χ0v) is 43.1. The first-order chi connectivity index (χ1) is 32.5. The molecule has 21 nitrogen and oxygen atoms in total. The first-order valence-electron chi connectivity index (χ1n) is 23.0. The Kier molecular flexibility index (Phi) is 19.7. The number of carboxylic acid groups (broad SMARTS) is 1. The van der Waals surface area contributed by atoms with E-state index >= 15 is 0 Å². The van der Waals surface area contributed by atoms with Crippen LogP contribution in [-0.4, -0.2) is 156 Å². The van der Waals surface area contributed by atoms with Crippen LogP contribution in [0.25, 0.3) is 0 Å². The molecule has 70 heavy (non-hydrogen) atoms. The smallest absolute Gasteiger partial charge is 0.336 e. The fraction of sp³-hybridized carbons (Fsp3) is 0.574. The second-order valence-electron chi connectivity index (χ2n) is 20.2. The van der Waals surface area contributed by atoms with Gasteiger partial charge in [0.05, 0.1) is 29.3 Å². The fourth-order valence-electron chi connectivity index (χ4n) is 9.30. The third-order valence-electron chi connectivity index (χ3n) is 12.2. The molecule has 0 bridgehead atoms. The Morgan fingerprint density at radius 3 is 1.70 bits per heavy atom. The minimum absolute atomic E-state index is 0.0181. The molecule has 0 spiro atoms. The van der Waals surface area contributed by atoms with Gasteiger partial charge in [0.25, 0.3) is 11.8 Å². The van der Waals surface area contributed by atoms with Crippen molar-refractivity contribution >= 4 is 76.6 Å². The third-order valence-corrected chi connectivity index (χ3v) is 14.4. The summed E-state index contributed by atoms with van der Waals surface area (Å²) in [7, 11) is 1.41. The van der Waals surface area contributed by atoms with E-state index in [-0.39, 0.29) is 72.0 Å². The number of thioether (sulfide) groups is 2. The van der Waals surface area contributed by atoms with Crippen molar-refractivity contribution < 1.29 is 49.1 Å². The van der Waals surface area contributed by atoms with E-state index in [9.17, 15) is 49.1 Å². The van der Waals surface area contributed by atoms with Gasteiger partial charge in [-0.1, -0.05) is 24.3 Å². The fourth-order valence-corrected chi connectivity index (χ4v) is 11.0. The molecule has 0 saturated carbocycles. The molecule has 2 saturated heterocycles. The number of rotatable bonds is 21. The van der Waals surface area contributed by atoms with Crippen LogP contribution < -0.4 is 38.1 Å². The van der Waals surface area contributed by atoms with Crippen LogP contribution in [0.4, 0.5) is 5.69 Å². The maximum Gasteiger partial charge on any atom is 0.336 e. The molecule has 23 heteroatoms. The van der Waals surface area contributed by atoms with Gasteiger partial charge in [-0.3, -0.25) is 33.8 Å². The molecule has 0 aromatic heterocycles. The molecule has 6 amide bonds. The Morgan fingerprint density at radius 1 is 0.729 bits per heavy atom. The largest absolute Gasteiger partial charge is 0.479 e. The summed E-state index contributed by atoms with van der Waals surface area (Å²) in [6, 6.07) is 9.41. The van der Waals surface area contributed by atoms with Crippen molar-refractivity contribution in [2.75, 3.05) is 37.0 Å². The molecule has 2 aromatic carbocycles. The van der Waals surface area contributed by atoms with Gasteiger partial charge in [-0.25, -0.2) is 4.79 Å². The second kappa shape index (κ2) is 24.1. The SMILES string of the molecule is CN(C(=O)c1ccccc1SCC(=O)NC1CC(C)(C)N(O)C(C)(C)C1)[C@@H](CCCN=C(N)N)C(=O)NCC(=O)N[C@@H](C(=O)O)C(=O)Nc1ccccc1SCC(=O)NC1CC(C)(C)N(O)C(C)(C)C1. The third kappa shape index (κ3) is 15.8. The van der Waals surface area contributed by atoms with E-state index in [0.717, 1.165) is 23.5 Å². The molecule has 2 aliphatic heterocycles. The highest BCUT2D eigenvalue weighted by Gasteiger charge is 2.46. The molecule has 4 rings (SSSR count). The number of nitrogens with one attached hydrogen (secondary N) is 5. The topological polar surface area (TPSA) is 314 Å². The van der Waals surface area contributed by atoms with Gasteiger partial charge in [0.2, 0.25) is 29.7 Å². The molecular formula is C47H71N11O10S2. The number of benzene rings is 2. The first-order valence-corrected chi connectivity index (χ1v) is 25.0. The second-order valence-corrected chi connectivity index (χ2v) is 22.2. The molecule has 2 heterocycles. The van der Waals surface area contributed by atoms with E-state index in [1.165, 1.54) is 28.1 Å². The van der Waals surface area contributed by atoms with Crippen LogP contribution in [0.3, 0.4) is 0 Å². The Hall–Kier alpha value is -5.46. The van der Waals surface area contributed by atoms with Crippen LogP contribution in [0, 0.1) is 0 Å². The van der Waals surface area contributed by atoms with E-state index < -0.39 is 70.4 Å². The number of amides is 6. The number of piperidine rings is 2. The number of aliphatic imine (C=N–C) groups is 1. The van der Waals surface area contributed by atoms with Crippen LogP contribution in [0.5, 0.6) is 0 Å². The lowest BCUT2D eigenvalue weighted by atomic mass is 9.79. The summed E-state index contributed by atoms with van der Waals surface area (Å²) < 4.78 is 0. The normalized spacial score (nSPS) is 18.6. The maximum absolute atomic E-state index is 14.1. The number of hydrogen-bond acceptors (Lipinski definition) is 14. The summed E-state index contributed by atoms with van der Waals surface area (Å²) in [6.45, 7) is 14.5.